The summed E-state index contributed by atoms with van der Waals surface area (Å²) in [6.07, 6.45) is 2.72. The Bertz CT molecular complexity index is 658. The van der Waals surface area contributed by atoms with Gasteiger partial charge in [0.05, 0.1) is 12.4 Å². The molecule has 0 aliphatic heterocycles. The zero-order valence-corrected chi connectivity index (χ0v) is 11.7. The molecule has 1 amide bonds. The molecule has 2 rings (SSSR count). The van der Waals surface area contributed by atoms with Crippen molar-refractivity contribution < 1.29 is 9.53 Å². The van der Waals surface area contributed by atoms with Crippen LogP contribution in [0.1, 0.15) is 19.5 Å². The van der Waals surface area contributed by atoms with Crippen molar-refractivity contribution in [1.29, 1.82) is 5.26 Å². The lowest BCUT2D eigenvalue weighted by Crippen LogP contribution is -2.17. The standard InChI is InChI=1S/C15H14N4O2/c1-10(2)15(20)19-11-3-5-13(6-4-11)21-14-9-17-12(7-16)8-18-14/h3-6,8-10H,1-2H3,(H,19,20). The van der Waals surface area contributed by atoms with Gasteiger partial charge in [-0.25, -0.2) is 9.97 Å². The third kappa shape index (κ3) is 4.01. The summed E-state index contributed by atoms with van der Waals surface area (Å²) >= 11 is 0. The Morgan fingerprint density at radius 1 is 1.24 bits per heavy atom. The van der Waals surface area contributed by atoms with E-state index in [9.17, 15) is 4.79 Å². The second-order valence-electron chi connectivity index (χ2n) is 4.62. The highest BCUT2D eigenvalue weighted by molar-refractivity contribution is 5.92. The highest BCUT2D eigenvalue weighted by Crippen LogP contribution is 2.21. The van der Waals surface area contributed by atoms with Crippen molar-refractivity contribution in [2.24, 2.45) is 5.92 Å². The van der Waals surface area contributed by atoms with E-state index in [1.807, 2.05) is 19.9 Å². The summed E-state index contributed by atoms with van der Waals surface area (Å²) in [5, 5.41) is 11.4. The molecule has 0 unspecified atom stereocenters. The molecule has 0 fully saturated rings. The first-order valence-corrected chi connectivity index (χ1v) is 6.39. The number of carbonyl (C=O) groups is 1. The van der Waals surface area contributed by atoms with Crippen LogP contribution in [0.2, 0.25) is 0 Å². The summed E-state index contributed by atoms with van der Waals surface area (Å²) in [4.78, 5) is 19.4. The molecule has 0 radical (unpaired) electrons. The minimum Gasteiger partial charge on any atom is -0.438 e. The summed E-state index contributed by atoms with van der Waals surface area (Å²) in [6, 6.07) is 8.81. The third-order valence-electron chi connectivity index (χ3n) is 2.61. The molecule has 0 saturated carbocycles. The van der Waals surface area contributed by atoms with Crippen molar-refractivity contribution in [2.75, 3.05) is 5.32 Å². The monoisotopic (exact) mass is 282 g/mol. The quantitative estimate of drug-likeness (QED) is 0.931. The highest BCUT2D eigenvalue weighted by Gasteiger charge is 2.07. The number of aromatic nitrogens is 2. The van der Waals surface area contributed by atoms with E-state index in [0.29, 0.717) is 17.3 Å². The first-order valence-electron chi connectivity index (χ1n) is 6.39. The van der Waals surface area contributed by atoms with Gasteiger partial charge in [-0.1, -0.05) is 13.8 Å². The number of benzene rings is 1. The van der Waals surface area contributed by atoms with Crippen LogP contribution >= 0.6 is 0 Å². The average Bonchev–Trinajstić information content (AvgIpc) is 2.50. The molecule has 0 aliphatic rings. The number of nitrogens with zero attached hydrogens (tertiary/aromatic N) is 3. The van der Waals surface area contributed by atoms with Gasteiger partial charge in [-0.05, 0) is 24.3 Å². The van der Waals surface area contributed by atoms with Crippen LogP contribution in [0, 0.1) is 17.2 Å². The highest BCUT2D eigenvalue weighted by atomic mass is 16.5. The van der Waals surface area contributed by atoms with Crippen LogP contribution in [0.5, 0.6) is 11.6 Å². The number of nitriles is 1. The maximum Gasteiger partial charge on any atom is 0.237 e. The fraction of sp³-hybridized carbons (Fsp3) is 0.200. The van der Waals surface area contributed by atoms with Crippen LogP contribution in [-0.4, -0.2) is 15.9 Å². The lowest BCUT2D eigenvalue weighted by atomic mass is 10.2. The second kappa shape index (κ2) is 6.48. The number of carbonyl (C=O) groups excluding carboxylic acids is 1. The SMILES string of the molecule is CC(C)C(=O)Nc1ccc(Oc2cnc(C#N)cn2)cc1. The first kappa shape index (κ1) is 14.5. The molecule has 1 aromatic heterocycles. The van der Waals surface area contributed by atoms with Gasteiger partial charge in [0.15, 0.2) is 5.69 Å². The van der Waals surface area contributed by atoms with E-state index in [1.54, 1.807) is 24.3 Å². The zero-order valence-electron chi connectivity index (χ0n) is 11.7. The van der Waals surface area contributed by atoms with Crippen molar-refractivity contribution in [3.63, 3.8) is 0 Å². The first-order chi connectivity index (χ1) is 10.1. The molecule has 0 spiro atoms. The average molecular weight is 282 g/mol. The summed E-state index contributed by atoms with van der Waals surface area (Å²) < 4.78 is 5.49. The molecular formula is C15H14N4O2. The smallest absolute Gasteiger partial charge is 0.237 e. The van der Waals surface area contributed by atoms with E-state index < -0.39 is 0 Å². The van der Waals surface area contributed by atoms with Crippen molar-refractivity contribution in [3.8, 4) is 17.7 Å². The molecule has 0 bridgehead atoms. The van der Waals surface area contributed by atoms with Gasteiger partial charge in [-0.15, -0.1) is 0 Å². The van der Waals surface area contributed by atoms with Crippen molar-refractivity contribution in [3.05, 3.63) is 42.4 Å². The third-order valence-corrected chi connectivity index (χ3v) is 2.61. The predicted molar refractivity (Wildman–Crippen MR) is 76.7 cm³/mol. The van der Waals surface area contributed by atoms with Gasteiger partial charge in [-0.3, -0.25) is 4.79 Å². The van der Waals surface area contributed by atoms with Crippen molar-refractivity contribution in [1.82, 2.24) is 9.97 Å². The van der Waals surface area contributed by atoms with Gasteiger partial charge in [0.25, 0.3) is 0 Å². The fourth-order valence-corrected chi connectivity index (χ4v) is 1.44. The summed E-state index contributed by atoms with van der Waals surface area (Å²) in [7, 11) is 0. The largest absolute Gasteiger partial charge is 0.438 e. The minimum absolute atomic E-state index is 0.0402. The Hall–Kier alpha value is -2.94. The summed E-state index contributed by atoms with van der Waals surface area (Å²) in [5.74, 6) is 0.751. The van der Waals surface area contributed by atoms with Crippen molar-refractivity contribution >= 4 is 11.6 Å². The van der Waals surface area contributed by atoms with Crippen LogP contribution in [0.4, 0.5) is 5.69 Å². The molecule has 1 aromatic carbocycles. The molecule has 6 nitrogen and oxygen atoms in total. The molecule has 0 atom stereocenters. The number of anilines is 1. The molecule has 1 heterocycles. The van der Waals surface area contributed by atoms with E-state index in [1.165, 1.54) is 12.4 Å². The van der Waals surface area contributed by atoms with Crippen LogP contribution < -0.4 is 10.1 Å². The number of amides is 1. The van der Waals surface area contributed by atoms with Crippen molar-refractivity contribution in [2.45, 2.75) is 13.8 Å². The van der Waals surface area contributed by atoms with Crippen LogP contribution in [0.3, 0.4) is 0 Å². The van der Waals surface area contributed by atoms with Gasteiger partial charge < -0.3 is 10.1 Å². The predicted octanol–water partition coefficient (Wildman–Crippen LogP) is 2.74. The Morgan fingerprint density at radius 3 is 2.48 bits per heavy atom. The lowest BCUT2D eigenvalue weighted by Gasteiger charge is -2.08. The lowest BCUT2D eigenvalue weighted by molar-refractivity contribution is -0.118. The summed E-state index contributed by atoms with van der Waals surface area (Å²) in [6.45, 7) is 3.66. The molecule has 106 valence electrons. The number of ether oxygens (including phenoxy) is 1. The van der Waals surface area contributed by atoms with Gasteiger partial charge in [-0.2, -0.15) is 5.26 Å². The molecule has 0 saturated heterocycles. The Kier molecular flexibility index (Phi) is 4.46. The Balaban J connectivity index is 2.02. The molecular weight excluding hydrogens is 268 g/mol. The molecule has 2 aromatic rings. The maximum atomic E-state index is 11.6. The van der Waals surface area contributed by atoms with Gasteiger partial charge in [0.1, 0.15) is 11.8 Å². The molecule has 0 aliphatic carbocycles. The number of hydrogen-bond donors (Lipinski definition) is 1. The minimum atomic E-state index is -0.0742. The Labute approximate surface area is 122 Å². The van der Waals surface area contributed by atoms with Gasteiger partial charge in [0, 0.05) is 11.6 Å². The van der Waals surface area contributed by atoms with Crippen LogP contribution in [0.25, 0.3) is 0 Å². The van der Waals surface area contributed by atoms with Gasteiger partial charge in [0.2, 0.25) is 11.8 Å². The molecule has 1 N–H and O–H groups in total. The molecule has 21 heavy (non-hydrogen) atoms. The van der Waals surface area contributed by atoms with Crippen LogP contribution in [0.15, 0.2) is 36.7 Å². The van der Waals surface area contributed by atoms with E-state index in [0.717, 1.165) is 0 Å². The fourth-order valence-electron chi connectivity index (χ4n) is 1.44. The zero-order chi connectivity index (χ0) is 15.2. The topological polar surface area (TPSA) is 87.9 Å². The molecule has 6 heteroatoms. The van der Waals surface area contributed by atoms with E-state index in [2.05, 4.69) is 15.3 Å². The second-order valence-corrected chi connectivity index (χ2v) is 4.62. The number of nitrogens with one attached hydrogen (secondary N) is 1. The number of hydrogen-bond acceptors (Lipinski definition) is 5. The van der Waals surface area contributed by atoms with Gasteiger partial charge >= 0.3 is 0 Å². The van der Waals surface area contributed by atoms with E-state index >= 15 is 0 Å². The summed E-state index contributed by atoms with van der Waals surface area (Å²) in [5.41, 5.74) is 0.932. The van der Waals surface area contributed by atoms with E-state index in [-0.39, 0.29) is 17.5 Å². The normalized spacial score (nSPS) is 10.0. The van der Waals surface area contributed by atoms with E-state index in [4.69, 9.17) is 10.00 Å². The number of rotatable bonds is 4. The maximum absolute atomic E-state index is 11.6. The Morgan fingerprint density at radius 2 is 1.95 bits per heavy atom. The van der Waals surface area contributed by atoms with Crippen LogP contribution in [-0.2, 0) is 4.79 Å².